The van der Waals surface area contributed by atoms with Gasteiger partial charge in [0, 0.05) is 6.07 Å². The number of aryl methyl sites for hydroxylation is 1. The van der Waals surface area contributed by atoms with Gasteiger partial charge in [-0.15, -0.1) is 0 Å². The van der Waals surface area contributed by atoms with Gasteiger partial charge in [-0.25, -0.2) is 4.39 Å². The van der Waals surface area contributed by atoms with Crippen molar-refractivity contribution in [2.24, 2.45) is 0 Å². The molecule has 1 aromatic carbocycles. The Morgan fingerprint density at radius 3 is 2.73 bits per heavy atom. The Kier molecular flexibility index (Phi) is 2.07. The van der Waals surface area contributed by atoms with E-state index in [2.05, 4.69) is 0 Å². The molecule has 0 unspecified atom stereocenters. The molecule has 0 aromatic heterocycles. The van der Waals surface area contributed by atoms with Gasteiger partial charge in [-0.3, -0.25) is 4.79 Å². The van der Waals surface area contributed by atoms with E-state index in [4.69, 9.17) is 4.74 Å². The van der Waals surface area contributed by atoms with Gasteiger partial charge in [0.1, 0.15) is 17.2 Å². The Balaban J connectivity index is 2.56. The zero-order valence-electron chi connectivity index (χ0n) is 9.06. The van der Waals surface area contributed by atoms with Gasteiger partial charge in [-0.1, -0.05) is 0 Å². The Bertz CT molecular complexity index is 435. The van der Waals surface area contributed by atoms with E-state index in [0.29, 0.717) is 23.3 Å². The molecule has 80 valence electrons. The van der Waals surface area contributed by atoms with Crippen LogP contribution in [0.3, 0.4) is 0 Å². The van der Waals surface area contributed by atoms with E-state index in [1.54, 1.807) is 13.0 Å². The first kappa shape index (κ1) is 10.1. The molecule has 0 saturated carbocycles. The zero-order valence-corrected chi connectivity index (χ0v) is 9.06. The first-order valence-corrected chi connectivity index (χ1v) is 4.91. The molecule has 0 aliphatic carbocycles. The summed E-state index contributed by atoms with van der Waals surface area (Å²) in [7, 11) is 0. The molecule has 2 nitrogen and oxygen atoms in total. The molecular formula is C12H13FO2. The standard InChI is InChI=1S/C12H13FO2/c1-7-4-8-10(14)6-12(2,3)15-11(8)5-9(7)13/h4-5H,6H2,1-3H3. The Hall–Kier alpha value is -1.38. The van der Waals surface area contributed by atoms with Crippen LogP contribution in [0.25, 0.3) is 0 Å². The lowest BCUT2D eigenvalue weighted by Crippen LogP contribution is -2.36. The van der Waals surface area contributed by atoms with Gasteiger partial charge in [0.05, 0.1) is 12.0 Å². The van der Waals surface area contributed by atoms with Crippen LogP contribution in [0.2, 0.25) is 0 Å². The maximum Gasteiger partial charge on any atom is 0.170 e. The van der Waals surface area contributed by atoms with Gasteiger partial charge >= 0.3 is 0 Å². The molecular weight excluding hydrogens is 195 g/mol. The SMILES string of the molecule is Cc1cc2c(cc1F)OC(C)(C)CC2=O. The number of hydrogen-bond donors (Lipinski definition) is 0. The predicted octanol–water partition coefficient (Wildman–Crippen LogP) is 2.88. The second-order valence-electron chi connectivity index (χ2n) is 4.56. The first-order chi connectivity index (χ1) is 6.89. The van der Waals surface area contributed by atoms with Crippen molar-refractivity contribution in [3.05, 3.63) is 29.1 Å². The molecule has 0 atom stereocenters. The molecule has 3 heteroatoms. The minimum absolute atomic E-state index is 0.0179. The number of ketones is 1. The summed E-state index contributed by atoms with van der Waals surface area (Å²) >= 11 is 0. The lowest BCUT2D eigenvalue weighted by molar-refractivity contribution is 0.0618. The normalized spacial score (nSPS) is 18.3. The van der Waals surface area contributed by atoms with Crippen LogP contribution >= 0.6 is 0 Å². The van der Waals surface area contributed by atoms with E-state index in [-0.39, 0.29) is 11.6 Å². The maximum atomic E-state index is 13.3. The average molecular weight is 208 g/mol. The number of Topliss-reactive ketones (excluding diaryl/α,β-unsaturated/α-hetero) is 1. The summed E-state index contributed by atoms with van der Waals surface area (Å²) in [5.41, 5.74) is 0.435. The summed E-state index contributed by atoms with van der Waals surface area (Å²) in [4.78, 5) is 11.8. The molecule has 0 fully saturated rings. The van der Waals surface area contributed by atoms with Crippen molar-refractivity contribution in [1.82, 2.24) is 0 Å². The molecule has 0 N–H and O–H groups in total. The maximum absolute atomic E-state index is 13.3. The largest absolute Gasteiger partial charge is 0.487 e. The van der Waals surface area contributed by atoms with Gasteiger partial charge in [0.15, 0.2) is 5.78 Å². The second kappa shape index (κ2) is 3.05. The lowest BCUT2D eigenvalue weighted by Gasteiger charge is -2.31. The summed E-state index contributed by atoms with van der Waals surface area (Å²) in [6.45, 7) is 5.29. The summed E-state index contributed by atoms with van der Waals surface area (Å²) in [5.74, 6) is 0.0444. The Morgan fingerprint density at radius 2 is 2.07 bits per heavy atom. The fraction of sp³-hybridized carbons (Fsp3) is 0.417. The van der Waals surface area contributed by atoms with Crippen LogP contribution in [-0.2, 0) is 0 Å². The van der Waals surface area contributed by atoms with Crippen molar-refractivity contribution in [3.8, 4) is 5.75 Å². The van der Waals surface area contributed by atoms with Gasteiger partial charge in [-0.05, 0) is 32.4 Å². The minimum atomic E-state index is -0.536. The number of hydrogen-bond acceptors (Lipinski definition) is 2. The molecule has 1 aliphatic heterocycles. The van der Waals surface area contributed by atoms with Crippen LogP contribution in [0.15, 0.2) is 12.1 Å². The highest BCUT2D eigenvalue weighted by molar-refractivity contribution is 6.00. The molecule has 1 aliphatic rings. The quantitative estimate of drug-likeness (QED) is 0.655. The van der Waals surface area contributed by atoms with Crippen molar-refractivity contribution < 1.29 is 13.9 Å². The number of carbonyl (C=O) groups excluding carboxylic acids is 1. The molecule has 2 rings (SSSR count). The number of halogens is 1. The molecule has 0 radical (unpaired) electrons. The van der Waals surface area contributed by atoms with Crippen LogP contribution in [0.1, 0.15) is 36.2 Å². The summed E-state index contributed by atoms with van der Waals surface area (Å²) < 4.78 is 18.9. The van der Waals surface area contributed by atoms with Crippen molar-refractivity contribution in [3.63, 3.8) is 0 Å². The van der Waals surface area contributed by atoms with Crippen molar-refractivity contribution in [2.45, 2.75) is 32.8 Å². The summed E-state index contributed by atoms with van der Waals surface area (Å²) in [6, 6.07) is 2.85. The van der Waals surface area contributed by atoms with E-state index in [1.807, 2.05) is 13.8 Å². The number of benzene rings is 1. The third-order valence-corrected chi connectivity index (χ3v) is 2.53. The smallest absolute Gasteiger partial charge is 0.170 e. The molecule has 0 spiro atoms. The number of ether oxygens (including phenoxy) is 1. The van der Waals surface area contributed by atoms with Crippen LogP contribution in [0.5, 0.6) is 5.75 Å². The highest BCUT2D eigenvalue weighted by Crippen LogP contribution is 2.34. The van der Waals surface area contributed by atoms with E-state index in [9.17, 15) is 9.18 Å². The van der Waals surface area contributed by atoms with E-state index in [0.717, 1.165) is 0 Å². The molecule has 1 heterocycles. The van der Waals surface area contributed by atoms with Gasteiger partial charge < -0.3 is 4.74 Å². The van der Waals surface area contributed by atoms with Crippen LogP contribution in [0, 0.1) is 12.7 Å². The second-order valence-corrected chi connectivity index (χ2v) is 4.56. The topological polar surface area (TPSA) is 26.3 Å². The zero-order chi connectivity index (χ0) is 11.2. The fourth-order valence-corrected chi connectivity index (χ4v) is 1.78. The first-order valence-electron chi connectivity index (χ1n) is 4.91. The number of rotatable bonds is 0. The highest BCUT2D eigenvalue weighted by Gasteiger charge is 2.32. The van der Waals surface area contributed by atoms with E-state index < -0.39 is 5.60 Å². The van der Waals surface area contributed by atoms with Gasteiger partial charge in [-0.2, -0.15) is 0 Å². The lowest BCUT2D eigenvalue weighted by atomic mass is 9.92. The average Bonchev–Trinajstić information content (AvgIpc) is 2.07. The molecule has 0 amide bonds. The Morgan fingerprint density at radius 1 is 1.40 bits per heavy atom. The molecule has 0 bridgehead atoms. The van der Waals surface area contributed by atoms with Gasteiger partial charge in [0.25, 0.3) is 0 Å². The molecule has 1 aromatic rings. The minimum Gasteiger partial charge on any atom is -0.487 e. The third kappa shape index (κ3) is 1.74. The predicted molar refractivity (Wildman–Crippen MR) is 54.8 cm³/mol. The number of fused-ring (bicyclic) bond motifs is 1. The van der Waals surface area contributed by atoms with Gasteiger partial charge in [0.2, 0.25) is 0 Å². The molecule has 0 saturated heterocycles. The number of carbonyl (C=O) groups is 1. The van der Waals surface area contributed by atoms with Crippen LogP contribution < -0.4 is 4.74 Å². The van der Waals surface area contributed by atoms with E-state index >= 15 is 0 Å². The summed E-state index contributed by atoms with van der Waals surface area (Å²) in [6.07, 6.45) is 0.338. The highest BCUT2D eigenvalue weighted by atomic mass is 19.1. The monoisotopic (exact) mass is 208 g/mol. The molecule has 15 heavy (non-hydrogen) atoms. The summed E-state index contributed by atoms with van der Waals surface area (Å²) in [5, 5.41) is 0. The van der Waals surface area contributed by atoms with E-state index in [1.165, 1.54) is 6.07 Å². The third-order valence-electron chi connectivity index (χ3n) is 2.53. The fourth-order valence-electron chi connectivity index (χ4n) is 1.78. The van der Waals surface area contributed by atoms with Crippen molar-refractivity contribution in [2.75, 3.05) is 0 Å². The van der Waals surface area contributed by atoms with Crippen LogP contribution in [-0.4, -0.2) is 11.4 Å². The Labute approximate surface area is 88.1 Å². The van der Waals surface area contributed by atoms with Crippen LogP contribution in [0.4, 0.5) is 4.39 Å². The van der Waals surface area contributed by atoms with Crippen molar-refractivity contribution >= 4 is 5.78 Å². The van der Waals surface area contributed by atoms with Crippen molar-refractivity contribution in [1.29, 1.82) is 0 Å².